The number of nitrogens with zero attached hydrogens (tertiary/aromatic N) is 4. The summed E-state index contributed by atoms with van der Waals surface area (Å²) in [6.45, 7) is 0.658. The number of nitrogens with two attached hydrogens (primary N) is 1. The second-order valence-corrected chi connectivity index (χ2v) is 10.0. The molecule has 2 aromatic rings. The van der Waals surface area contributed by atoms with Crippen LogP contribution < -0.4 is 11.2 Å². The van der Waals surface area contributed by atoms with Gasteiger partial charge in [-0.15, -0.1) is 0 Å². The van der Waals surface area contributed by atoms with Gasteiger partial charge < -0.3 is 20.3 Å². The molecule has 4 atom stereocenters. The zero-order valence-corrected chi connectivity index (χ0v) is 20.3. The topological polar surface area (TPSA) is 131 Å². The van der Waals surface area contributed by atoms with E-state index < -0.39 is 69.6 Å². The molecule has 2 fully saturated rings. The Balaban J connectivity index is 1.61. The molecule has 10 nitrogen and oxygen atoms in total. The van der Waals surface area contributed by atoms with Gasteiger partial charge in [0.25, 0.3) is 11.8 Å². The first-order valence-electron chi connectivity index (χ1n) is 11.6. The summed E-state index contributed by atoms with van der Waals surface area (Å²) in [5.74, 6) is -4.73. The van der Waals surface area contributed by atoms with Crippen molar-refractivity contribution in [2.75, 3.05) is 13.2 Å². The molecule has 14 heteroatoms. The normalized spacial score (nSPS) is 27.4. The van der Waals surface area contributed by atoms with Gasteiger partial charge in [-0.25, -0.2) is 13.2 Å². The Bertz CT molecular complexity index is 1370. The van der Waals surface area contributed by atoms with E-state index in [0.717, 1.165) is 12.4 Å². The number of carbonyl (C=O) groups is 2. The summed E-state index contributed by atoms with van der Waals surface area (Å²) < 4.78 is 43.7. The zero-order valence-electron chi connectivity index (χ0n) is 19.6. The first-order chi connectivity index (χ1) is 17.5. The molecule has 3 aliphatic rings. The first kappa shape index (κ1) is 25.5. The molecule has 0 saturated carbocycles. The number of carbonyl (C=O) groups excluding carboxylic acids is 2. The van der Waals surface area contributed by atoms with Crippen LogP contribution in [0.2, 0.25) is 5.02 Å². The second-order valence-electron chi connectivity index (χ2n) is 9.63. The van der Waals surface area contributed by atoms with Gasteiger partial charge in [0.15, 0.2) is 23.1 Å². The van der Waals surface area contributed by atoms with E-state index in [9.17, 15) is 32.7 Å². The standard InChI is InChI=1S/C23H23ClF3N5O5/c1-10-2-3-23(4-11(5-25)32(37-23)8-14-17(27)16(24)13(26)6-29-14)15-9-30(10)22(36)18-20(34)19(33)12(21(28)35)7-31(15)18/h6-7,10-11,15,34H,2-5,8-9H2,1H3,(H2,28,35)/t10-,11?,15+,23-/m0/s1. The van der Waals surface area contributed by atoms with Crippen LogP contribution in [0.15, 0.2) is 17.2 Å². The van der Waals surface area contributed by atoms with Crippen LogP contribution in [0.5, 0.6) is 5.75 Å². The lowest BCUT2D eigenvalue weighted by Gasteiger charge is -2.42. The number of hydrogen-bond donors (Lipinski definition) is 2. The van der Waals surface area contributed by atoms with Gasteiger partial charge in [-0.2, -0.15) is 5.06 Å². The van der Waals surface area contributed by atoms with Crippen molar-refractivity contribution in [3.05, 3.63) is 56.2 Å². The number of amides is 2. The van der Waals surface area contributed by atoms with Gasteiger partial charge in [-0.1, -0.05) is 11.6 Å². The van der Waals surface area contributed by atoms with Crippen molar-refractivity contribution in [1.82, 2.24) is 19.5 Å². The van der Waals surface area contributed by atoms with Crippen LogP contribution in [0.1, 0.15) is 58.8 Å². The molecule has 3 aliphatic heterocycles. The fourth-order valence-electron chi connectivity index (χ4n) is 5.54. The number of pyridine rings is 2. The van der Waals surface area contributed by atoms with Gasteiger partial charge >= 0.3 is 0 Å². The molecular formula is C23H23ClF3N5O5. The van der Waals surface area contributed by atoms with Crippen molar-refractivity contribution in [1.29, 1.82) is 0 Å². The van der Waals surface area contributed by atoms with Crippen molar-refractivity contribution in [3.8, 4) is 5.75 Å². The number of rotatable bonds is 4. The molecule has 198 valence electrons. The largest absolute Gasteiger partial charge is 0.503 e. The Morgan fingerprint density at radius 3 is 2.78 bits per heavy atom. The van der Waals surface area contributed by atoms with Gasteiger partial charge in [0.05, 0.1) is 30.5 Å². The summed E-state index contributed by atoms with van der Waals surface area (Å²) in [6, 6.07) is -1.94. The van der Waals surface area contributed by atoms with E-state index in [1.54, 1.807) is 6.92 Å². The Kier molecular flexibility index (Phi) is 6.20. The van der Waals surface area contributed by atoms with Crippen LogP contribution in [-0.4, -0.2) is 67.3 Å². The molecule has 0 aromatic carbocycles. The van der Waals surface area contributed by atoms with E-state index in [0.29, 0.717) is 12.8 Å². The minimum Gasteiger partial charge on any atom is -0.503 e. The third-order valence-electron chi connectivity index (χ3n) is 7.53. The average molecular weight is 542 g/mol. The number of alkyl halides is 1. The van der Waals surface area contributed by atoms with E-state index in [1.807, 2.05) is 0 Å². The van der Waals surface area contributed by atoms with E-state index >= 15 is 0 Å². The van der Waals surface area contributed by atoms with Gasteiger partial charge in [-0.3, -0.25) is 24.2 Å². The van der Waals surface area contributed by atoms with E-state index in [1.165, 1.54) is 14.5 Å². The van der Waals surface area contributed by atoms with Crippen LogP contribution in [-0.2, 0) is 11.4 Å². The summed E-state index contributed by atoms with van der Waals surface area (Å²) >= 11 is 5.67. The second kappa shape index (κ2) is 8.99. The summed E-state index contributed by atoms with van der Waals surface area (Å²) in [6.07, 6.45) is 2.74. The molecule has 5 rings (SSSR count). The number of hydroxylamine groups is 2. The highest BCUT2D eigenvalue weighted by Gasteiger charge is 2.56. The van der Waals surface area contributed by atoms with Crippen LogP contribution in [0.3, 0.4) is 0 Å². The fourth-order valence-corrected chi connectivity index (χ4v) is 5.70. The average Bonchev–Trinajstić information content (AvgIpc) is 3.17. The molecule has 1 spiro atoms. The highest BCUT2D eigenvalue weighted by atomic mass is 35.5. The van der Waals surface area contributed by atoms with Crippen LogP contribution in [0.4, 0.5) is 13.2 Å². The number of hydrogen-bond acceptors (Lipinski definition) is 7. The van der Waals surface area contributed by atoms with Gasteiger partial charge in [0, 0.05) is 25.2 Å². The summed E-state index contributed by atoms with van der Waals surface area (Å²) in [4.78, 5) is 49.3. The zero-order chi connectivity index (χ0) is 26.8. The minimum atomic E-state index is -1.17. The van der Waals surface area contributed by atoms with Crippen molar-refractivity contribution in [2.45, 2.75) is 56.5 Å². The predicted molar refractivity (Wildman–Crippen MR) is 123 cm³/mol. The summed E-state index contributed by atoms with van der Waals surface area (Å²) in [5.41, 5.74) is 2.01. The fraction of sp³-hybridized carbons (Fsp3) is 0.478. The van der Waals surface area contributed by atoms with Gasteiger partial charge in [0.1, 0.15) is 22.9 Å². The van der Waals surface area contributed by atoms with Crippen molar-refractivity contribution >= 4 is 23.4 Å². The number of aromatic nitrogens is 2. The molecule has 2 saturated heterocycles. The maximum absolute atomic E-state index is 14.6. The molecule has 3 N–H and O–H groups in total. The maximum atomic E-state index is 14.6. The molecule has 37 heavy (non-hydrogen) atoms. The molecule has 5 heterocycles. The Morgan fingerprint density at radius 2 is 2.11 bits per heavy atom. The molecule has 0 radical (unpaired) electrons. The molecule has 0 aliphatic carbocycles. The number of aromatic hydroxyl groups is 1. The Morgan fingerprint density at radius 1 is 1.38 bits per heavy atom. The van der Waals surface area contributed by atoms with Crippen molar-refractivity contribution in [2.24, 2.45) is 5.73 Å². The highest BCUT2D eigenvalue weighted by Crippen LogP contribution is 2.49. The van der Waals surface area contributed by atoms with Crippen LogP contribution in [0.25, 0.3) is 0 Å². The van der Waals surface area contributed by atoms with E-state index in [4.69, 9.17) is 22.2 Å². The number of halogens is 4. The SMILES string of the molecule is C[C@H]1CC[C@]2(CC(CF)N(Cc3ncc(F)c(Cl)c3F)O2)[C@H]2CN1C(=O)c1c(O)c(=O)c(C(N)=O)cn12. The third-order valence-corrected chi connectivity index (χ3v) is 7.88. The number of fused-ring (bicyclic) bond motifs is 5. The minimum absolute atomic E-state index is 0.0787. The lowest BCUT2D eigenvalue weighted by Crippen LogP contribution is -2.52. The first-order valence-corrected chi connectivity index (χ1v) is 12.0. The van der Waals surface area contributed by atoms with Crippen molar-refractivity contribution in [3.63, 3.8) is 0 Å². The Hall–Kier alpha value is -3.16. The van der Waals surface area contributed by atoms with E-state index in [-0.39, 0.29) is 36.9 Å². The number of primary amides is 1. The van der Waals surface area contributed by atoms with Crippen LogP contribution in [0, 0.1) is 11.6 Å². The molecule has 2 bridgehead atoms. The van der Waals surface area contributed by atoms with Crippen molar-refractivity contribution < 1.29 is 32.7 Å². The van der Waals surface area contributed by atoms with Gasteiger partial charge in [0.2, 0.25) is 5.43 Å². The lowest BCUT2D eigenvalue weighted by atomic mass is 9.83. The summed E-state index contributed by atoms with van der Waals surface area (Å²) in [5, 5.41) is 11.1. The summed E-state index contributed by atoms with van der Waals surface area (Å²) in [7, 11) is 0. The maximum Gasteiger partial charge on any atom is 0.274 e. The Labute approximate surface area is 213 Å². The van der Waals surface area contributed by atoms with Gasteiger partial charge in [-0.05, 0) is 19.8 Å². The molecule has 2 aromatic heterocycles. The smallest absolute Gasteiger partial charge is 0.274 e. The molecule has 2 amide bonds. The lowest BCUT2D eigenvalue weighted by molar-refractivity contribution is -0.228. The van der Waals surface area contributed by atoms with E-state index in [2.05, 4.69) is 4.98 Å². The third kappa shape index (κ3) is 3.87. The monoisotopic (exact) mass is 541 g/mol. The highest BCUT2D eigenvalue weighted by molar-refractivity contribution is 6.30. The molecule has 1 unspecified atom stereocenters. The molecular weight excluding hydrogens is 519 g/mol. The quantitative estimate of drug-likeness (QED) is 0.606. The van der Waals surface area contributed by atoms with Crippen LogP contribution >= 0.6 is 11.6 Å². The predicted octanol–water partition coefficient (Wildman–Crippen LogP) is 2.07.